The van der Waals surface area contributed by atoms with E-state index in [1.165, 1.54) is 0 Å². The van der Waals surface area contributed by atoms with E-state index in [4.69, 9.17) is 19.7 Å². The minimum Gasteiger partial charge on any atom is -0.525 e. The summed E-state index contributed by atoms with van der Waals surface area (Å²) in [7, 11) is 0. The molecule has 14 heavy (non-hydrogen) atoms. The molecule has 0 aliphatic rings. The van der Waals surface area contributed by atoms with E-state index in [0.717, 1.165) is 5.75 Å². The summed E-state index contributed by atoms with van der Waals surface area (Å²) in [6, 6.07) is 9.64. The fourth-order valence-electron chi connectivity index (χ4n) is 0.635. The molecule has 0 fully saturated rings. The van der Waals surface area contributed by atoms with Gasteiger partial charge in [0, 0.05) is 0 Å². The topological polar surface area (TPSA) is 66.8 Å². The Bertz CT molecular complexity index is 234. The summed E-state index contributed by atoms with van der Waals surface area (Å²) in [5, 5.41) is 13.9. The van der Waals surface area contributed by atoms with Gasteiger partial charge in [0.25, 0.3) is 0 Å². The predicted molar refractivity (Wildman–Crippen MR) is 47.9 cm³/mol. The van der Waals surface area contributed by atoms with Gasteiger partial charge in [-0.1, -0.05) is 18.2 Å². The van der Waals surface area contributed by atoms with Gasteiger partial charge in [-0.3, -0.25) is 0 Å². The summed E-state index contributed by atoms with van der Waals surface area (Å²) >= 11 is 0. The fraction of sp³-hybridized carbons (Fsp3) is 0.111. The number of para-hydroxylation sites is 1. The van der Waals surface area contributed by atoms with Gasteiger partial charge in [0.2, 0.25) is 0 Å². The van der Waals surface area contributed by atoms with Crippen LogP contribution in [0, 0.1) is 6.92 Å². The summed E-state index contributed by atoms with van der Waals surface area (Å²) in [6.45, 7) is 4.05. The van der Waals surface area contributed by atoms with E-state index in [-0.39, 0.29) is 29.6 Å². The Balaban J connectivity index is 0. The quantitative estimate of drug-likeness (QED) is 0.487. The zero-order valence-electron chi connectivity index (χ0n) is 8.01. The van der Waals surface area contributed by atoms with Crippen molar-refractivity contribution < 1.29 is 49.3 Å². The van der Waals surface area contributed by atoms with Crippen molar-refractivity contribution in [3.63, 3.8) is 0 Å². The second-order valence-corrected chi connectivity index (χ2v) is 1.94. The zero-order valence-corrected chi connectivity index (χ0v) is 10.0. The van der Waals surface area contributed by atoms with Crippen LogP contribution in [0.1, 0.15) is 0 Å². The molecule has 1 rings (SSSR count). The van der Waals surface area contributed by atoms with Gasteiger partial charge < -0.3 is 21.9 Å². The second-order valence-electron chi connectivity index (χ2n) is 1.94. The number of ether oxygens (including phenoxy) is 1. The van der Waals surface area contributed by atoms with Crippen LogP contribution in [0.15, 0.2) is 30.3 Å². The molecule has 0 spiro atoms. The molecule has 0 radical (unpaired) electrons. The molecular weight excluding hydrogens is 195 g/mol. The fourth-order valence-corrected chi connectivity index (χ4v) is 0.635. The van der Waals surface area contributed by atoms with Gasteiger partial charge in [-0.2, -0.15) is 0 Å². The molecule has 0 aromatic heterocycles. The number of hydrogen-bond donors (Lipinski definition) is 2. The molecule has 72 valence electrons. The van der Waals surface area contributed by atoms with Crippen molar-refractivity contribution in [2.75, 3.05) is 6.61 Å². The van der Waals surface area contributed by atoms with Gasteiger partial charge in [0.15, 0.2) is 0 Å². The van der Waals surface area contributed by atoms with Crippen LogP contribution >= 0.6 is 0 Å². The summed E-state index contributed by atoms with van der Waals surface area (Å²) in [5.74, 6) is 0.882. The molecule has 5 heteroatoms. The van der Waals surface area contributed by atoms with Gasteiger partial charge in [0.05, 0.1) is 0 Å². The maximum atomic E-state index is 8.56. The summed E-state index contributed by atoms with van der Waals surface area (Å²) in [5.41, 5.74) is 0. The molecule has 0 heterocycles. The van der Waals surface area contributed by atoms with Gasteiger partial charge in [-0.25, -0.2) is 4.79 Å². The molecule has 0 aliphatic heterocycles. The van der Waals surface area contributed by atoms with Crippen molar-refractivity contribution >= 4 is 6.16 Å². The first kappa shape index (κ1) is 15.7. The minimum absolute atomic E-state index is 0. The largest absolute Gasteiger partial charge is 1.00 e. The normalized spacial score (nSPS) is 7.50. The number of hydrogen-bond acceptors (Lipinski definition) is 2. The standard InChI is InChI=1S/C8H9O.CH2O3.Na/c1-2-9-8-6-4-3-5-7-8;2-1(3)4;/h3-7H,1-2H2;(H2,2,3,4);/q-1;;+1. The average Bonchev–Trinajstić information content (AvgIpc) is 2.06. The molecule has 0 bridgehead atoms. The first-order chi connectivity index (χ1) is 6.16. The van der Waals surface area contributed by atoms with Crippen molar-refractivity contribution in [1.82, 2.24) is 0 Å². The van der Waals surface area contributed by atoms with Crippen molar-refractivity contribution in [2.45, 2.75) is 0 Å². The monoisotopic (exact) mass is 206 g/mol. The Labute approximate surface area is 105 Å². The summed E-state index contributed by atoms with van der Waals surface area (Å²) < 4.78 is 5.09. The van der Waals surface area contributed by atoms with Crippen LogP contribution in [-0.4, -0.2) is 23.0 Å². The van der Waals surface area contributed by atoms with E-state index in [9.17, 15) is 0 Å². The SMILES string of the molecule is O=C(O)O.[CH2-]COc1ccccc1.[Na+]. The van der Waals surface area contributed by atoms with E-state index >= 15 is 0 Å². The third-order valence-electron chi connectivity index (χ3n) is 1.01. The third kappa shape index (κ3) is 11.3. The van der Waals surface area contributed by atoms with Gasteiger partial charge in [0.1, 0.15) is 5.75 Å². The maximum absolute atomic E-state index is 8.56. The molecule has 0 atom stereocenters. The third-order valence-corrected chi connectivity index (χ3v) is 1.01. The zero-order chi connectivity index (χ0) is 10.1. The summed E-state index contributed by atoms with van der Waals surface area (Å²) in [4.78, 5) is 8.56. The minimum atomic E-state index is -1.83. The molecule has 0 aliphatic carbocycles. The molecule has 1 aromatic carbocycles. The molecule has 0 saturated heterocycles. The molecule has 0 unspecified atom stereocenters. The number of benzene rings is 1. The van der Waals surface area contributed by atoms with Crippen LogP contribution in [0.2, 0.25) is 0 Å². The van der Waals surface area contributed by atoms with Gasteiger partial charge >= 0.3 is 35.7 Å². The van der Waals surface area contributed by atoms with Crippen LogP contribution in [0.25, 0.3) is 0 Å². The number of carboxylic acid groups (broad SMARTS) is 2. The van der Waals surface area contributed by atoms with E-state index in [0.29, 0.717) is 6.61 Å². The second kappa shape index (κ2) is 10.4. The molecule has 0 amide bonds. The van der Waals surface area contributed by atoms with E-state index in [2.05, 4.69) is 6.92 Å². The van der Waals surface area contributed by atoms with E-state index < -0.39 is 6.16 Å². The molecule has 1 aromatic rings. The Morgan fingerprint density at radius 1 is 1.29 bits per heavy atom. The first-order valence-corrected chi connectivity index (χ1v) is 3.55. The Morgan fingerprint density at radius 2 is 1.71 bits per heavy atom. The van der Waals surface area contributed by atoms with Crippen LogP contribution in [-0.2, 0) is 0 Å². The van der Waals surface area contributed by atoms with Crippen LogP contribution in [0.4, 0.5) is 4.79 Å². The molecule has 2 N–H and O–H groups in total. The smallest absolute Gasteiger partial charge is 0.525 e. The molecule has 0 saturated carbocycles. The van der Waals surface area contributed by atoms with Crippen LogP contribution in [0.5, 0.6) is 5.75 Å². The van der Waals surface area contributed by atoms with Gasteiger partial charge in [-0.15, -0.1) is 0 Å². The Hall–Kier alpha value is -0.710. The van der Waals surface area contributed by atoms with Crippen LogP contribution < -0.4 is 34.3 Å². The van der Waals surface area contributed by atoms with Crippen LogP contribution in [0.3, 0.4) is 0 Å². The van der Waals surface area contributed by atoms with E-state index in [1.54, 1.807) is 0 Å². The predicted octanol–water partition coefficient (Wildman–Crippen LogP) is -0.874. The first-order valence-electron chi connectivity index (χ1n) is 3.55. The van der Waals surface area contributed by atoms with Gasteiger partial charge in [-0.05, 0) is 18.7 Å². The number of carbonyl (C=O) groups is 1. The van der Waals surface area contributed by atoms with E-state index in [1.807, 2.05) is 30.3 Å². The summed E-state index contributed by atoms with van der Waals surface area (Å²) in [6.07, 6.45) is -1.83. The molecule has 4 nitrogen and oxygen atoms in total. The van der Waals surface area contributed by atoms with Crippen molar-refractivity contribution in [3.8, 4) is 5.75 Å². The Morgan fingerprint density at radius 3 is 2.07 bits per heavy atom. The van der Waals surface area contributed by atoms with Crippen molar-refractivity contribution in [2.24, 2.45) is 0 Å². The maximum Gasteiger partial charge on any atom is 1.00 e. The van der Waals surface area contributed by atoms with Crippen molar-refractivity contribution in [3.05, 3.63) is 37.3 Å². The Kier molecular flexibility index (Phi) is 11.7. The van der Waals surface area contributed by atoms with Crippen molar-refractivity contribution in [1.29, 1.82) is 0 Å². The molecular formula is C9H11NaO4. The number of rotatable bonds is 2. The average molecular weight is 206 g/mol.